The van der Waals surface area contributed by atoms with Crippen LogP contribution in [0.15, 0.2) is 155 Å². The van der Waals surface area contributed by atoms with Crippen LogP contribution in [-0.4, -0.2) is 31.0 Å². The number of benzene rings is 5. The van der Waals surface area contributed by atoms with E-state index < -0.39 is 0 Å². The number of nitrogens with zero attached hydrogens (tertiary/aromatic N) is 6. The van der Waals surface area contributed by atoms with Gasteiger partial charge in [-0.25, -0.2) is 0 Å². The van der Waals surface area contributed by atoms with Gasteiger partial charge in [0.1, 0.15) is 5.76 Å². The summed E-state index contributed by atoms with van der Waals surface area (Å²) in [7, 11) is 0. The average Bonchev–Trinajstić information content (AvgIpc) is 3.83. The summed E-state index contributed by atoms with van der Waals surface area (Å²) >= 11 is 0. The Morgan fingerprint density at radius 3 is 2.17 bits per heavy atom. The molecule has 0 unspecified atom stereocenters. The van der Waals surface area contributed by atoms with E-state index in [0.29, 0.717) is 5.58 Å². The first-order valence-corrected chi connectivity index (χ1v) is 17.1. The first-order valence-electron chi connectivity index (χ1n) is 17.1. The highest BCUT2D eigenvalue weighted by molar-refractivity contribution is 6.11. The first-order chi connectivity index (χ1) is 25.7. The molecule has 0 atom stereocenters. The quantitative estimate of drug-likeness (QED) is 0.165. The van der Waals surface area contributed by atoms with Gasteiger partial charge in [0.25, 0.3) is 0 Å². The average molecular weight is 671 g/mol. The van der Waals surface area contributed by atoms with Gasteiger partial charge in [0.2, 0.25) is 0 Å². The summed E-state index contributed by atoms with van der Waals surface area (Å²) < 4.78 is 10.7. The maximum Gasteiger partial charge on any atom is 0.168 e. The van der Waals surface area contributed by atoms with Gasteiger partial charge < -0.3 is 8.98 Å². The number of aromatic nitrogens is 5. The molecule has 7 heteroatoms. The lowest BCUT2D eigenvalue weighted by Crippen LogP contribution is -1.96. The Labute approximate surface area is 298 Å². The topological polar surface area (TPSA) is 74.0 Å². The Morgan fingerprint density at radius 1 is 0.673 bits per heavy atom. The molecule has 246 valence electrons. The summed E-state index contributed by atoms with van der Waals surface area (Å²) in [6.45, 7) is 5.96. The Balaban J connectivity index is 1.11. The second-order valence-corrected chi connectivity index (χ2v) is 12.9. The zero-order valence-electron chi connectivity index (χ0n) is 28.2. The van der Waals surface area contributed by atoms with E-state index in [1.807, 2.05) is 43.5 Å². The van der Waals surface area contributed by atoms with E-state index in [1.165, 1.54) is 16.3 Å². The van der Waals surface area contributed by atoms with Gasteiger partial charge in [-0.05, 0) is 74.3 Å². The summed E-state index contributed by atoms with van der Waals surface area (Å²) in [6, 6.07) is 46.4. The molecule has 5 heterocycles. The van der Waals surface area contributed by atoms with Gasteiger partial charge in [-0.3, -0.25) is 14.5 Å². The largest absolute Gasteiger partial charge is 0.459 e. The number of hydrogen-bond acceptors (Lipinski definition) is 5. The molecule has 0 saturated carbocycles. The van der Waals surface area contributed by atoms with Crippen molar-refractivity contribution in [3.05, 3.63) is 163 Å². The number of furan rings is 1. The lowest BCUT2D eigenvalue weighted by atomic mass is 10.0. The van der Waals surface area contributed by atoms with Crippen molar-refractivity contribution >= 4 is 73.2 Å². The summed E-state index contributed by atoms with van der Waals surface area (Å²) in [5, 5.41) is 14.2. The molecule has 0 aliphatic carbocycles. The van der Waals surface area contributed by atoms with Crippen molar-refractivity contribution in [2.75, 3.05) is 0 Å². The van der Waals surface area contributed by atoms with Crippen LogP contribution in [0.2, 0.25) is 0 Å². The van der Waals surface area contributed by atoms with Crippen LogP contribution in [0.5, 0.6) is 0 Å². The molecular weight excluding hydrogens is 641 g/mol. The standard InChI is InChI=1S/C45H30N6O/c1-28-37(25-39(46-2)29-17-20-35-36-21-22-48-49-45(36)51(43(35)23-29)32-13-7-4-8-14-32)38-26-40(47-27-44(38)52-28)30-18-19-34-33-15-9-10-16-41(33)50(42(34)24-30)31-11-5-3-6-12-31/h3-27H,2H2,1H3/b39-25-. The number of fused-ring (bicyclic) bond motifs is 7. The smallest absolute Gasteiger partial charge is 0.168 e. The fourth-order valence-electron chi connectivity index (χ4n) is 7.58. The number of hydrogen-bond donors (Lipinski definition) is 0. The molecular formula is C45H30N6O. The van der Waals surface area contributed by atoms with Crippen LogP contribution in [0.4, 0.5) is 0 Å². The van der Waals surface area contributed by atoms with E-state index in [0.717, 1.165) is 78.1 Å². The lowest BCUT2D eigenvalue weighted by Gasteiger charge is -2.09. The minimum absolute atomic E-state index is 0.716. The maximum atomic E-state index is 6.25. The number of aryl methyl sites for hydroxylation is 1. The fraction of sp³-hybridized carbons (Fsp3) is 0.0222. The molecule has 0 fully saturated rings. The molecule has 0 aliphatic rings. The van der Waals surface area contributed by atoms with Gasteiger partial charge in [0.05, 0.1) is 40.3 Å². The van der Waals surface area contributed by atoms with Gasteiger partial charge in [0.15, 0.2) is 11.2 Å². The lowest BCUT2D eigenvalue weighted by molar-refractivity contribution is 0.576. The molecule has 10 aromatic rings. The molecule has 0 amide bonds. The monoisotopic (exact) mass is 670 g/mol. The second-order valence-electron chi connectivity index (χ2n) is 12.9. The fourth-order valence-corrected chi connectivity index (χ4v) is 7.58. The molecule has 0 saturated heterocycles. The third kappa shape index (κ3) is 4.60. The summed E-state index contributed by atoms with van der Waals surface area (Å²) in [5.41, 5.74) is 11.4. The molecule has 10 rings (SSSR count). The first kappa shape index (κ1) is 29.8. The van der Waals surface area contributed by atoms with Crippen molar-refractivity contribution in [1.82, 2.24) is 24.3 Å². The molecule has 5 aromatic heterocycles. The molecule has 5 aromatic carbocycles. The van der Waals surface area contributed by atoms with Crippen LogP contribution in [0.1, 0.15) is 16.9 Å². The number of para-hydroxylation sites is 3. The van der Waals surface area contributed by atoms with Crippen LogP contribution in [0, 0.1) is 6.92 Å². The van der Waals surface area contributed by atoms with Gasteiger partial charge in [0, 0.05) is 55.0 Å². The minimum atomic E-state index is 0.716. The van der Waals surface area contributed by atoms with E-state index in [1.54, 1.807) is 6.20 Å². The predicted octanol–water partition coefficient (Wildman–Crippen LogP) is 11.0. The van der Waals surface area contributed by atoms with Gasteiger partial charge >= 0.3 is 0 Å². The Morgan fingerprint density at radius 2 is 1.37 bits per heavy atom. The van der Waals surface area contributed by atoms with Crippen LogP contribution in [-0.2, 0) is 0 Å². The zero-order valence-corrected chi connectivity index (χ0v) is 28.2. The van der Waals surface area contributed by atoms with Crippen LogP contribution >= 0.6 is 0 Å². The molecule has 0 bridgehead atoms. The van der Waals surface area contributed by atoms with Crippen molar-refractivity contribution in [3.63, 3.8) is 0 Å². The number of pyridine rings is 1. The van der Waals surface area contributed by atoms with E-state index in [2.05, 4.69) is 140 Å². The zero-order chi connectivity index (χ0) is 34.8. The Kier molecular flexibility index (Phi) is 6.72. The van der Waals surface area contributed by atoms with Crippen LogP contribution in [0.25, 0.3) is 89.1 Å². The summed E-state index contributed by atoms with van der Waals surface area (Å²) in [6.07, 6.45) is 5.61. The third-order valence-corrected chi connectivity index (χ3v) is 9.99. The molecule has 52 heavy (non-hydrogen) atoms. The predicted molar refractivity (Wildman–Crippen MR) is 212 cm³/mol. The third-order valence-electron chi connectivity index (χ3n) is 9.99. The molecule has 0 spiro atoms. The van der Waals surface area contributed by atoms with E-state index >= 15 is 0 Å². The van der Waals surface area contributed by atoms with Crippen molar-refractivity contribution in [3.8, 4) is 22.6 Å². The summed E-state index contributed by atoms with van der Waals surface area (Å²) in [5.74, 6) is 0.782. The highest BCUT2D eigenvalue weighted by Crippen LogP contribution is 2.38. The molecule has 0 radical (unpaired) electrons. The van der Waals surface area contributed by atoms with Crippen molar-refractivity contribution in [2.45, 2.75) is 6.92 Å². The van der Waals surface area contributed by atoms with Gasteiger partial charge in [-0.15, -0.1) is 5.10 Å². The normalized spacial score (nSPS) is 12.1. The van der Waals surface area contributed by atoms with Crippen molar-refractivity contribution in [1.29, 1.82) is 0 Å². The summed E-state index contributed by atoms with van der Waals surface area (Å²) in [4.78, 5) is 9.40. The van der Waals surface area contributed by atoms with Crippen LogP contribution < -0.4 is 0 Å². The maximum absolute atomic E-state index is 6.25. The molecule has 0 aliphatic heterocycles. The Bertz CT molecular complexity index is 3040. The SMILES string of the molecule is C=N/C(=C\c1c(C)oc2cnc(-c3ccc4c5ccccc5n(-c5ccccc5)c4c3)cc12)c1ccc2c3ccnnc3n(-c3ccccc3)c2c1. The van der Waals surface area contributed by atoms with Gasteiger partial charge in [-0.2, -0.15) is 5.10 Å². The second kappa shape index (κ2) is 11.7. The highest BCUT2D eigenvalue weighted by Gasteiger charge is 2.18. The van der Waals surface area contributed by atoms with E-state index in [9.17, 15) is 0 Å². The number of rotatable bonds is 6. The Hall–Kier alpha value is -7.12. The number of aliphatic imine (C=N–C) groups is 1. The van der Waals surface area contributed by atoms with E-state index in [4.69, 9.17) is 9.40 Å². The highest BCUT2D eigenvalue weighted by atomic mass is 16.3. The van der Waals surface area contributed by atoms with E-state index in [-0.39, 0.29) is 0 Å². The van der Waals surface area contributed by atoms with Crippen molar-refractivity contribution < 1.29 is 4.42 Å². The minimum Gasteiger partial charge on any atom is -0.459 e. The van der Waals surface area contributed by atoms with Crippen LogP contribution in [0.3, 0.4) is 0 Å². The van der Waals surface area contributed by atoms with Gasteiger partial charge in [-0.1, -0.05) is 78.9 Å². The molecule has 0 N–H and O–H groups in total. The van der Waals surface area contributed by atoms with Crippen molar-refractivity contribution in [2.24, 2.45) is 4.99 Å². The molecule has 7 nitrogen and oxygen atoms in total.